The fourth-order valence-corrected chi connectivity index (χ4v) is 2.52. The Kier molecular flexibility index (Phi) is 4.55. The fraction of sp³-hybridized carbons (Fsp3) is 0.643. The quantitative estimate of drug-likeness (QED) is 0.860. The van der Waals surface area contributed by atoms with Crippen LogP contribution in [0.5, 0.6) is 0 Å². The van der Waals surface area contributed by atoms with Crippen LogP contribution >= 0.6 is 0 Å². The smallest absolute Gasteiger partial charge is 0.129 e. The normalized spacial score (nSPS) is 22.6. The summed E-state index contributed by atoms with van der Waals surface area (Å²) in [4.78, 5) is 6.57. The summed E-state index contributed by atoms with van der Waals surface area (Å²) in [5.41, 5.74) is 0.876. The van der Waals surface area contributed by atoms with Crippen molar-refractivity contribution in [3.05, 3.63) is 23.9 Å². The van der Waals surface area contributed by atoms with Crippen molar-refractivity contribution in [2.45, 2.75) is 44.8 Å². The standard InChI is InChI=1S/C14H22N2O2/c1-11(18)12-6-7-15-14(9-12)16-8-4-2-3-5-13(16)10-17/h6-7,9,11,13,17-18H,2-5,8,10H2,1H3/t11-,13?/m1/s1. The Morgan fingerprint density at radius 3 is 3.00 bits per heavy atom. The third kappa shape index (κ3) is 3.00. The summed E-state index contributed by atoms with van der Waals surface area (Å²) in [6.07, 6.45) is 5.78. The number of hydrogen-bond donors (Lipinski definition) is 2. The van der Waals surface area contributed by atoms with E-state index < -0.39 is 6.10 Å². The molecule has 1 fully saturated rings. The summed E-state index contributed by atoms with van der Waals surface area (Å²) in [5, 5.41) is 19.1. The summed E-state index contributed by atoms with van der Waals surface area (Å²) >= 11 is 0. The van der Waals surface area contributed by atoms with Gasteiger partial charge < -0.3 is 15.1 Å². The zero-order valence-electron chi connectivity index (χ0n) is 10.9. The van der Waals surface area contributed by atoms with Gasteiger partial charge in [0.2, 0.25) is 0 Å². The number of pyridine rings is 1. The lowest BCUT2D eigenvalue weighted by Gasteiger charge is -2.30. The average Bonchev–Trinajstić information content (AvgIpc) is 2.63. The lowest BCUT2D eigenvalue weighted by Crippen LogP contribution is -2.38. The Balaban J connectivity index is 2.24. The summed E-state index contributed by atoms with van der Waals surface area (Å²) in [6.45, 7) is 2.85. The van der Waals surface area contributed by atoms with Crippen molar-refractivity contribution in [1.82, 2.24) is 4.98 Å². The number of aromatic nitrogens is 1. The average molecular weight is 250 g/mol. The molecule has 2 rings (SSSR count). The molecule has 2 atom stereocenters. The third-order valence-corrected chi connectivity index (χ3v) is 3.63. The second-order valence-electron chi connectivity index (χ2n) is 5.00. The minimum Gasteiger partial charge on any atom is -0.394 e. The predicted octanol–water partition coefficient (Wildman–Crippen LogP) is 1.88. The first-order valence-electron chi connectivity index (χ1n) is 6.74. The van der Waals surface area contributed by atoms with Crippen LogP contribution in [0.25, 0.3) is 0 Å². The second kappa shape index (κ2) is 6.16. The molecule has 1 aliphatic heterocycles. The van der Waals surface area contributed by atoms with Gasteiger partial charge in [0.1, 0.15) is 5.82 Å². The highest BCUT2D eigenvalue weighted by atomic mass is 16.3. The molecule has 0 aliphatic carbocycles. The molecule has 1 aromatic heterocycles. The summed E-state index contributed by atoms with van der Waals surface area (Å²) < 4.78 is 0. The number of aliphatic hydroxyl groups excluding tert-OH is 2. The van der Waals surface area contributed by atoms with Gasteiger partial charge in [0.25, 0.3) is 0 Å². The molecular weight excluding hydrogens is 228 g/mol. The van der Waals surface area contributed by atoms with Crippen LogP contribution in [0.4, 0.5) is 5.82 Å². The van der Waals surface area contributed by atoms with Crippen molar-refractivity contribution in [1.29, 1.82) is 0 Å². The maximum Gasteiger partial charge on any atom is 0.129 e. The van der Waals surface area contributed by atoms with Crippen molar-refractivity contribution in [2.75, 3.05) is 18.1 Å². The molecule has 2 N–H and O–H groups in total. The van der Waals surface area contributed by atoms with Gasteiger partial charge in [-0.25, -0.2) is 4.98 Å². The molecule has 4 heteroatoms. The van der Waals surface area contributed by atoms with E-state index in [-0.39, 0.29) is 12.6 Å². The van der Waals surface area contributed by atoms with Gasteiger partial charge in [-0.15, -0.1) is 0 Å². The second-order valence-corrected chi connectivity index (χ2v) is 5.00. The fourth-order valence-electron chi connectivity index (χ4n) is 2.52. The Morgan fingerprint density at radius 1 is 1.44 bits per heavy atom. The molecule has 0 amide bonds. The van der Waals surface area contributed by atoms with Crippen LogP contribution in [0.3, 0.4) is 0 Å². The molecule has 1 unspecified atom stereocenters. The van der Waals surface area contributed by atoms with Crippen LogP contribution in [0.15, 0.2) is 18.3 Å². The van der Waals surface area contributed by atoms with E-state index in [0.29, 0.717) is 0 Å². The third-order valence-electron chi connectivity index (χ3n) is 3.63. The Hall–Kier alpha value is -1.13. The van der Waals surface area contributed by atoms with Gasteiger partial charge in [-0.05, 0) is 37.5 Å². The number of nitrogens with zero attached hydrogens (tertiary/aromatic N) is 2. The van der Waals surface area contributed by atoms with Gasteiger partial charge in [0.05, 0.1) is 18.8 Å². The molecule has 18 heavy (non-hydrogen) atoms. The van der Waals surface area contributed by atoms with Crippen LogP contribution in [0.1, 0.15) is 44.3 Å². The van der Waals surface area contributed by atoms with Crippen LogP contribution in [0, 0.1) is 0 Å². The van der Waals surface area contributed by atoms with Crippen LogP contribution in [-0.4, -0.2) is 34.4 Å². The van der Waals surface area contributed by atoms with E-state index >= 15 is 0 Å². The zero-order chi connectivity index (χ0) is 13.0. The molecule has 1 saturated heterocycles. The van der Waals surface area contributed by atoms with E-state index in [1.807, 2.05) is 12.1 Å². The summed E-state index contributed by atoms with van der Waals surface area (Å²) in [7, 11) is 0. The first-order chi connectivity index (χ1) is 8.72. The number of hydrogen-bond acceptors (Lipinski definition) is 4. The molecular formula is C14H22N2O2. The van der Waals surface area contributed by atoms with Crippen molar-refractivity contribution >= 4 is 5.82 Å². The van der Waals surface area contributed by atoms with Crippen molar-refractivity contribution in [2.24, 2.45) is 0 Å². The topological polar surface area (TPSA) is 56.6 Å². The zero-order valence-corrected chi connectivity index (χ0v) is 10.9. The molecule has 0 radical (unpaired) electrons. The van der Waals surface area contributed by atoms with E-state index in [9.17, 15) is 10.2 Å². The van der Waals surface area contributed by atoms with E-state index in [4.69, 9.17) is 0 Å². The van der Waals surface area contributed by atoms with E-state index in [1.165, 1.54) is 6.42 Å². The summed E-state index contributed by atoms with van der Waals surface area (Å²) in [5.74, 6) is 0.870. The Labute approximate surface area is 108 Å². The van der Waals surface area contributed by atoms with Gasteiger partial charge >= 0.3 is 0 Å². The maximum absolute atomic E-state index is 9.63. The van der Waals surface area contributed by atoms with E-state index in [2.05, 4.69) is 9.88 Å². The van der Waals surface area contributed by atoms with Gasteiger partial charge in [0.15, 0.2) is 0 Å². The van der Waals surface area contributed by atoms with Gasteiger partial charge in [-0.3, -0.25) is 0 Å². The van der Waals surface area contributed by atoms with E-state index in [0.717, 1.165) is 37.2 Å². The highest BCUT2D eigenvalue weighted by Crippen LogP contribution is 2.24. The van der Waals surface area contributed by atoms with Crippen molar-refractivity contribution in [3.63, 3.8) is 0 Å². The first-order valence-corrected chi connectivity index (χ1v) is 6.74. The predicted molar refractivity (Wildman–Crippen MR) is 71.6 cm³/mol. The largest absolute Gasteiger partial charge is 0.394 e. The van der Waals surface area contributed by atoms with Crippen LogP contribution in [0.2, 0.25) is 0 Å². The van der Waals surface area contributed by atoms with Crippen LogP contribution in [-0.2, 0) is 0 Å². The molecule has 1 aromatic rings. The summed E-state index contributed by atoms with van der Waals surface area (Å²) in [6, 6.07) is 3.92. The number of aliphatic hydroxyl groups is 2. The van der Waals surface area contributed by atoms with Gasteiger partial charge in [-0.2, -0.15) is 0 Å². The number of rotatable bonds is 3. The molecule has 4 nitrogen and oxygen atoms in total. The minimum absolute atomic E-state index is 0.157. The van der Waals surface area contributed by atoms with Crippen LogP contribution < -0.4 is 4.90 Å². The maximum atomic E-state index is 9.63. The Bertz CT molecular complexity index is 382. The highest BCUT2D eigenvalue weighted by Gasteiger charge is 2.21. The Morgan fingerprint density at radius 2 is 2.28 bits per heavy atom. The lowest BCUT2D eigenvalue weighted by molar-refractivity contribution is 0.199. The molecule has 0 saturated carbocycles. The number of anilines is 1. The first kappa shape index (κ1) is 13.3. The van der Waals surface area contributed by atoms with Crippen molar-refractivity contribution in [3.8, 4) is 0 Å². The molecule has 0 spiro atoms. The van der Waals surface area contributed by atoms with Gasteiger partial charge in [-0.1, -0.05) is 12.8 Å². The molecule has 100 valence electrons. The molecule has 0 bridgehead atoms. The highest BCUT2D eigenvalue weighted by molar-refractivity contribution is 5.43. The molecule has 2 heterocycles. The minimum atomic E-state index is -0.480. The SMILES string of the molecule is C[C@@H](O)c1ccnc(N2CCCCCC2CO)c1. The van der Waals surface area contributed by atoms with Crippen molar-refractivity contribution < 1.29 is 10.2 Å². The molecule has 0 aromatic carbocycles. The monoisotopic (exact) mass is 250 g/mol. The van der Waals surface area contributed by atoms with Gasteiger partial charge in [0, 0.05) is 12.7 Å². The van der Waals surface area contributed by atoms with E-state index in [1.54, 1.807) is 13.1 Å². The lowest BCUT2D eigenvalue weighted by atomic mass is 10.1. The molecule has 1 aliphatic rings.